The SMILES string of the molecule is Cc1ccc(C(N)c2cc(I)ccc2Br)cc1C. The molecule has 0 aliphatic rings. The van der Waals surface area contributed by atoms with Crippen LogP contribution in [0.4, 0.5) is 0 Å². The Kier molecular flexibility index (Phi) is 4.45. The number of benzene rings is 2. The van der Waals surface area contributed by atoms with Gasteiger partial charge in [0.25, 0.3) is 0 Å². The Hall–Kier alpha value is -0.390. The van der Waals surface area contributed by atoms with Crippen molar-refractivity contribution in [2.24, 2.45) is 5.73 Å². The zero-order valence-electron chi connectivity index (χ0n) is 10.4. The van der Waals surface area contributed by atoms with Gasteiger partial charge in [0, 0.05) is 8.04 Å². The van der Waals surface area contributed by atoms with E-state index in [2.05, 4.69) is 88.8 Å². The molecule has 94 valence electrons. The highest BCUT2D eigenvalue weighted by atomic mass is 127. The molecule has 0 heterocycles. The number of nitrogens with two attached hydrogens (primary N) is 1. The molecule has 1 nitrogen and oxygen atoms in total. The van der Waals surface area contributed by atoms with E-state index in [1.165, 1.54) is 14.7 Å². The highest BCUT2D eigenvalue weighted by molar-refractivity contribution is 14.1. The second kappa shape index (κ2) is 5.72. The second-order valence-electron chi connectivity index (χ2n) is 4.49. The van der Waals surface area contributed by atoms with Crippen molar-refractivity contribution < 1.29 is 0 Å². The van der Waals surface area contributed by atoms with Crippen molar-refractivity contribution in [1.29, 1.82) is 0 Å². The number of aryl methyl sites for hydroxylation is 2. The smallest absolute Gasteiger partial charge is 0.0563 e. The maximum atomic E-state index is 6.37. The molecular formula is C15H15BrIN. The Morgan fingerprint density at radius 3 is 2.44 bits per heavy atom. The van der Waals surface area contributed by atoms with Crippen molar-refractivity contribution >= 4 is 38.5 Å². The maximum absolute atomic E-state index is 6.37. The summed E-state index contributed by atoms with van der Waals surface area (Å²) in [5, 5.41) is 0. The van der Waals surface area contributed by atoms with Gasteiger partial charge in [-0.15, -0.1) is 0 Å². The van der Waals surface area contributed by atoms with Gasteiger partial charge in [-0.2, -0.15) is 0 Å². The molecule has 0 aliphatic heterocycles. The van der Waals surface area contributed by atoms with Crippen LogP contribution >= 0.6 is 38.5 Å². The Morgan fingerprint density at radius 1 is 1.06 bits per heavy atom. The van der Waals surface area contributed by atoms with Crippen LogP contribution in [0.3, 0.4) is 0 Å². The van der Waals surface area contributed by atoms with E-state index in [0.717, 1.165) is 15.6 Å². The lowest BCUT2D eigenvalue weighted by Gasteiger charge is -2.16. The molecule has 0 spiro atoms. The van der Waals surface area contributed by atoms with Gasteiger partial charge in [0.1, 0.15) is 0 Å². The molecule has 1 unspecified atom stereocenters. The monoisotopic (exact) mass is 415 g/mol. The fraction of sp³-hybridized carbons (Fsp3) is 0.200. The second-order valence-corrected chi connectivity index (χ2v) is 6.59. The van der Waals surface area contributed by atoms with Gasteiger partial charge in [-0.25, -0.2) is 0 Å². The fourth-order valence-corrected chi connectivity index (χ4v) is 2.90. The lowest BCUT2D eigenvalue weighted by atomic mass is 9.96. The first-order valence-electron chi connectivity index (χ1n) is 5.76. The number of hydrogen-bond acceptors (Lipinski definition) is 1. The number of hydrogen-bond donors (Lipinski definition) is 1. The zero-order valence-corrected chi connectivity index (χ0v) is 14.1. The predicted molar refractivity (Wildman–Crippen MR) is 88.8 cm³/mol. The maximum Gasteiger partial charge on any atom is 0.0563 e. The fourth-order valence-electron chi connectivity index (χ4n) is 1.89. The van der Waals surface area contributed by atoms with Crippen molar-refractivity contribution in [3.8, 4) is 0 Å². The molecule has 0 aliphatic carbocycles. The Morgan fingerprint density at radius 2 is 1.78 bits per heavy atom. The van der Waals surface area contributed by atoms with E-state index in [1.807, 2.05) is 0 Å². The number of halogens is 2. The van der Waals surface area contributed by atoms with Crippen molar-refractivity contribution in [3.05, 3.63) is 66.7 Å². The van der Waals surface area contributed by atoms with Gasteiger partial charge in [0.2, 0.25) is 0 Å². The summed E-state index contributed by atoms with van der Waals surface area (Å²) in [4.78, 5) is 0. The van der Waals surface area contributed by atoms with Crippen molar-refractivity contribution in [1.82, 2.24) is 0 Å². The summed E-state index contributed by atoms with van der Waals surface area (Å²) in [6.45, 7) is 4.24. The molecule has 0 saturated heterocycles. The van der Waals surface area contributed by atoms with Crippen LogP contribution in [-0.4, -0.2) is 0 Å². The van der Waals surface area contributed by atoms with E-state index < -0.39 is 0 Å². The Bertz CT molecular complexity index is 581. The molecule has 3 heteroatoms. The minimum Gasteiger partial charge on any atom is -0.320 e. The summed E-state index contributed by atoms with van der Waals surface area (Å²) < 4.78 is 2.26. The summed E-state index contributed by atoms with van der Waals surface area (Å²) in [6, 6.07) is 12.6. The van der Waals surface area contributed by atoms with Crippen molar-refractivity contribution in [2.75, 3.05) is 0 Å². The van der Waals surface area contributed by atoms with Gasteiger partial charge in [0.05, 0.1) is 6.04 Å². The van der Waals surface area contributed by atoms with Crippen molar-refractivity contribution in [2.45, 2.75) is 19.9 Å². The van der Waals surface area contributed by atoms with Crippen LogP contribution in [0, 0.1) is 17.4 Å². The summed E-state index contributed by atoms with van der Waals surface area (Å²) in [5.74, 6) is 0. The van der Waals surface area contributed by atoms with E-state index in [1.54, 1.807) is 0 Å². The molecule has 2 aromatic carbocycles. The van der Waals surface area contributed by atoms with Crippen LogP contribution in [0.1, 0.15) is 28.3 Å². The van der Waals surface area contributed by atoms with E-state index >= 15 is 0 Å². The van der Waals surface area contributed by atoms with Gasteiger partial charge < -0.3 is 5.73 Å². The molecule has 18 heavy (non-hydrogen) atoms. The van der Waals surface area contributed by atoms with Crippen LogP contribution in [0.15, 0.2) is 40.9 Å². The summed E-state index contributed by atoms with van der Waals surface area (Å²) in [7, 11) is 0. The molecule has 2 rings (SSSR count). The highest BCUT2D eigenvalue weighted by Gasteiger charge is 2.13. The molecule has 2 N–H and O–H groups in total. The summed E-state index contributed by atoms with van der Waals surface area (Å²) >= 11 is 5.89. The first kappa shape index (κ1) is 14.0. The Labute approximate surface area is 130 Å². The third-order valence-corrected chi connectivity index (χ3v) is 4.58. The third kappa shape index (κ3) is 2.95. The van der Waals surface area contributed by atoms with E-state index in [-0.39, 0.29) is 6.04 Å². The van der Waals surface area contributed by atoms with Crippen LogP contribution in [0.5, 0.6) is 0 Å². The van der Waals surface area contributed by atoms with Gasteiger partial charge in [-0.1, -0.05) is 34.1 Å². The normalized spacial score (nSPS) is 12.5. The molecule has 0 aromatic heterocycles. The van der Waals surface area contributed by atoms with Crippen LogP contribution < -0.4 is 5.73 Å². The quantitative estimate of drug-likeness (QED) is 0.705. The van der Waals surface area contributed by atoms with Crippen LogP contribution in [-0.2, 0) is 0 Å². The zero-order chi connectivity index (χ0) is 13.3. The molecule has 0 fully saturated rings. The summed E-state index contributed by atoms with van der Waals surface area (Å²) in [6.07, 6.45) is 0. The van der Waals surface area contributed by atoms with E-state index in [9.17, 15) is 0 Å². The molecule has 0 saturated carbocycles. The number of rotatable bonds is 2. The third-order valence-electron chi connectivity index (χ3n) is 3.18. The first-order valence-corrected chi connectivity index (χ1v) is 7.64. The van der Waals surface area contributed by atoms with E-state index in [4.69, 9.17) is 5.73 Å². The molecular weight excluding hydrogens is 401 g/mol. The molecule has 0 radical (unpaired) electrons. The predicted octanol–water partition coefficient (Wildman–Crippen LogP) is 4.72. The van der Waals surface area contributed by atoms with Gasteiger partial charge >= 0.3 is 0 Å². The minimum absolute atomic E-state index is 0.0895. The minimum atomic E-state index is -0.0895. The standard InChI is InChI=1S/C15H15BrIN/c1-9-3-4-11(7-10(9)2)15(18)13-8-12(17)5-6-14(13)16/h3-8,15H,18H2,1-2H3. The lowest BCUT2D eigenvalue weighted by Crippen LogP contribution is -2.13. The highest BCUT2D eigenvalue weighted by Crippen LogP contribution is 2.29. The molecule has 2 aromatic rings. The molecule has 0 amide bonds. The first-order chi connectivity index (χ1) is 8.49. The average molecular weight is 416 g/mol. The van der Waals surface area contributed by atoms with Gasteiger partial charge in [0.15, 0.2) is 0 Å². The van der Waals surface area contributed by atoms with Crippen LogP contribution in [0.2, 0.25) is 0 Å². The summed E-state index contributed by atoms with van der Waals surface area (Å²) in [5.41, 5.74) is 11.2. The van der Waals surface area contributed by atoms with Crippen LogP contribution in [0.25, 0.3) is 0 Å². The lowest BCUT2D eigenvalue weighted by molar-refractivity contribution is 0.862. The average Bonchev–Trinajstić information content (AvgIpc) is 2.35. The van der Waals surface area contributed by atoms with Gasteiger partial charge in [-0.3, -0.25) is 0 Å². The van der Waals surface area contributed by atoms with Gasteiger partial charge in [-0.05, 0) is 76.9 Å². The van der Waals surface area contributed by atoms with Crippen molar-refractivity contribution in [3.63, 3.8) is 0 Å². The molecule has 1 atom stereocenters. The Balaban J connectivity index is 2.44. The molecule has 0 bridgehead atoms. The van der Waals surface area contributed by atoms with E-state index in [0.29, 0.717) is 0 Å². The topological polar surface area (TPSA) is 26.0 Å². The largest absolute Gasteiger partial charge is 0.320 e.